The molecule has 4 heteroatoms. The maximum absolute atomic E-state index is 11.3. The van der Waals surface area contributed by atoms with Gasteiger partial charge in [0.2, 0.25) is 0 Å². The van der Waals surface area contributed by atoms with Crippen molar-refractivity contribution < 1.29 is 14.6 Å². The Bertz CT molecular complexity index is 947. The number of carboxylic acid groups (broad SMARTS) is 1. The van der Waals surface area contributed by atoms with Crippen LogP contribution in [0.15, 0.2) is 36.4 Å². The van der Waals surface area contributed by atoms with Crippen LogP contribution >= 0.6 is 0 Å². The van der Waals surface area contributed by atoms with Gasteiger partial charge in [0.15, 0.2) is 0 Å². The molecule has 2 aromatic rings. The molecule has 0 aromatic heterocycles. The first-order valence-electron chi connectivity index (χ1n) is 12.9. The second-order valence-corrected chi connectivity index (χ2v) is 11.3. The highest BCUT2D eigenvalue weighted by Gasteiger charge is 2.31. The van der Waals surface area contributed by atoms with E-state index in [-0.39, 0.29) is 5.92 Å². The van der Waals surface area contributed by atoms with Gasteiger partial charge in [-0.05, 0) is 104 Å². The molecule has 0 amide bonds. The molecule has 2 fully saturated rings. The molecule has 1 N–H and O–H groups in total. The summed E-state index contributed by atoms with van der Waals surface area (Å²) in [6.45, 7) is 11.0. The van der Waals surface area contributed by atoms with E-state index in [1.54, 1.807) is 0 Å². The Hall–Kier alpha value is -2.07. The first kappa shape index (κ1) is 24.1. The van der Waals surface area contributed by atoms with Gasteiger partial charge in [-0.3, -0.25) is 9.69 Å². The lowest BCUT2D eigenvalue weighted by Gasteiger charge is -2.37. The van der Waals surface area contributed by atoms with E-state index in [9.17, 15) is 9.90 Å². The Morgan fingerprint density at radius 1 is 1.00 bits per heavy atom. The largest absolute Gasteiger partial charge is 0.490 e. The van der Waals surface area contributed by atoms with Gasteiger partial charge in [-0.2, -0.15) is 0 Å². The lowest BCUT2D eigenvalue weighted by atomic mass is 9.72. The Morgan fingerprint density at radius 3 is 2.24 bits per heavy atom. The van der Waals surface area contributed by atoms with Crippen LogP contribution in [0.25, 0.3) is 10.8 Å². The predicted molar refractivity (Wildman–Crippen MR) is 135 cm³/mol. The number of rotatable bonds is 6. The van der Waals surface area contributed by atoms with Gasteiger partial charge in [-0.1, -0.05) is 45.9 Å². The van der Waals surface area contributed by atoms with Crippen LogP contribution in [0.3, 0.4) is 0 Å². The number of carboxylic acids is 1. The van der Waals surface area contributed by atoms with Gasteiger partial charge in [0, 0.05) is 6.04 Å². The number of carbonyl (C=O) groups is 1. The summed E-state index contributed by atoms with van der Waals surface area (Å²) in [5.41, 5.74) is 1.72. The Labute approximate surface area is 199 Å². The summed E-state index contributed by atoms with van der Waals surface area (Å²) < 4.78 is 6.39. The molecular formula is C29H41NO3. The highest BCUT2D eigenvalue weighted by molar-refractivity contribution is 5.84. The number of nitrogens with zero attached hydrogens (tertiary/aromatic N) is 1. The zero-order chi connectivity index (χ0) is 23.6. The minimum absolute atomic E-state index is 0.183. The maximum atomic E-state index is 11.3. The van der Waals surface area contributed by atoms with Gasteiger partial charge in [0.05, 0.1) is 12.0 Å². The van der Waals surface area contributed by atoms with Gasteiger partial charge >= 0.3 is 5.97 Å². The molecule has 2 aromatic carbocycles. The van der Waals surface area contributed by atoms with Crippen LogP contribution < -0.4 is 4.74 Å². The predicted octanol–water partition coefficient (Wildman–Crippen LogP) is 7.07. The van der Waals surface area contributed by atoms with E-state index < -0.39 is 5.97 Å². The van der Waals surface area contributed by atoms with E-state index in [1.165, 1.54) is 29.2 Å². The summed E-state index contributed by atoms with van der Waals surface area (Å²) >= 11 is 0. The minimum Gasteiger partial charge on any atom is -0.490 e. The SMILES string of the molecule is CCC(c1ccc2cc(OC3CCC(C(C)(C)C)CC3)ccc2c1)N1CCC(C(=O)O)CC1. The van der Waals surface area contributed by atoms with Gasteiger partial charge < -0.3 is 9.84 Å². The van der Waals surface area contributed by atoms with Crippen LogP contribution in [0.1, 0.15) is 84.2 Å². The van der Waals surface area contributed by atoms with Crippen molar-refractivity contribution in [3.8, 4) is 5.75 Å². The molecule has 1 saturated heterocycles. The van der Waals surface area contributed by atoms with E-state index in [0.717, 1.165) is 56.9 Å². The molecule has 1 aliphatic carbocycles. The van der Waals surface area contributed by atoms with Crippen molar-refractivity contribution in [2.24, 2.45) is 17.3 Å². The molecule has 1 aliphatic heterocycles. The third-order valence-electron chi connectivity index (χ3n) is 8.13. The van der Waals surface area contributed by atoms with Gasteiger partial charge in [0.1, 0.15) is 5.75 Å². The molecule has 1 atom stereocenters. The second-order valence-electron chi connectivity index (χ2n) is 11.3. The quantitative estimate of drug-likeness (QED) is 0.510. The number of ether oxygens (including phenoxy) is 1. The number of fused-ring (bicyclic) bond motifs is 1. The molecule has 4 nitrogen and oxygen atoms in total. The van der Waals surface area contributed by atoms with Gasteiger partial charge in [-0.15, -0.1) is 0 Å². The van der Waals surface area contributed by atoms with E-state index in [0.29, 0.717) is 17.6 Å². The fourth-order valence-corrected chi connectivity index (χ4v) is 5.92. The molecule has 4 rings (SSSR count). The monoisotopic (exact) mass is 451 g/mol. The summed E-state index contributed by atoms with van der Waals surface area (Å²) in [5, 5.41) is 11.8. The third-order valence-corrected chi connectivity index (χ3v) is 8.13. The second kappa shape index (κ2) is 10.0. The van der Waals surface area contributed by atoms with Crippen LogP contribution in [0, 0.1) is 17.3 Å². The topological polar surface area (TPSA) is 49.8 Å². The molecule has 33 heavy (non-hydrogen) atoms. The average molecular weight is 452 g/mol. The average Bonchev–Trinajstić information content (AvgIpc) is 2.80. The Balaban J connectivity index is 1.41. The van der Waals surface area contributed by atoms with Crippen molar-refractivity contribution in [1.29, 1.82) is 0 Å². The summed E-state index contributed by atoms with van der Waals surface area (Å²) in [6, 6.07) is 13.6. The van der Waals surface area contributed by atoms with Crippen molar-refractivity contribution in [3.05, 3.63) is 42.0 Å². The first-order valence-corrected chi connectivity index (χ1v) is 12.9. The van der Waals surface area contributed by atoms with Crippen LogP contribution in [-0.2, 0) is 4.79 Å². The normalized spacial score (nSPS) is 24.0. The molecule has 1 saturated carbocycles. The maximum Gasteiger partial charge on any atom is 0.306 e. The van der Waals surface area contributed by atoms with Crippen LogP contribution in [0.4, 0.5) is 0 Å². The molecular weight excluding hydrogens is 410 g/mol. The minimum atomic E-state index is -0.645. The van der Waals surface area contributed by atoms with E-state index in [2.05, 4.69) is 69.0 Å². The Morgan fingerprint density at radius 2 is 1.64 bits per heavy atom. The molecule has 1 unspecified atom stereocenters. The zero-order valence-corrected chi connectivity index (χ0v) is 20.8. The molecule has 0 radical (unpaired) electrons. The van der Waals surface area contributed by atoms with Crippen LogP contribution in [0.5, 0.6) is 5.75 Å². The summed E-state index contributed by atoms with van der Waals surface area (Å²) in [6.07, 6.45) is 7.67. The van der Waals surface area contributed by atoms with E-state index >= 15 is 0 Å². The van der Waals surface area contributed by atoms with Crippen molar-refractivity contribution >= 4 is 16.7 Å². The van der Waals surface area contributed by atoms with E-state index in [1.807, 2.05) is 0 Å². The molecule has 1 heterocycles. The highest BCUT2D eigenvalue weighted by atomic mass is 16.5. The smallest absolute Gasteiger partial charge is 0.306 e. The van der Waals surface area contributed by atoms with E-state index in [4.69, 9.17) is 4.74 Å². The third kappa shape index (κ3) is 5.71. The first-order chi connectivity index (χ1) is 15.7. The number of piperidine rings is 1. The summed E-state index contributed by atoms with van der Waals surface area (Å²) in [7, 11) is 0. The van der Waals surface area contributed by atoms with Crippen molar-refractivity contribution in [3.63, 3.8) is 0 Å². The number of benzene rings is 2. The van der Waals surface area contributed by atoms with Crippen LogP contribution in [0.2, 0.25) is 0 Å². The van der Waals surface area contributed by atoms with Gasteiger partial charge in [0.25, 0.3) is 0 Å². The fourth-order valence-electron chi connectivity index (χ4n) is 5.92. The number of hydrogen-bond acceptors (Lipinski definition) is 3. The molecule has 0 spiro atoms. The lowest BCUT2D eigenvalue weighted by Crippen LogP contribution is -2.38. The fraction of sp³-hybridized carbons (Fsp3) is 0.621. The van der Waals surface area contributed by atoms with Gasteiger partial charge in [-0.25, -0.2) is 0 Å². The zero-order valence-electron chi connectivity index (χ0n) is 20.8. The summed E-state index contributed by atoms with van der Waals surface area (Å²) in [4.78, 5) is 13.8. The molecule has 2 aliphatic rings. The number of hydrogen-bond donors (Lipinski definition) is 1. The Kier molecular flexibility index (Phi) is 7.33. The molecule has 0 bridgehead atoms. The number of aliphatic carboxylic acids is 1. The molecule has 180 valence electrons. The van der Waals surface area contributed by atoms with Crippen LogP contribution in [-0.4, -0.2) is 35.2 Å². The van der Waals surface area contributed by atoms with Crippen molar-refractivity contribution in [1.82, 2.24) is 4.90 Å². The highest BCUT2D eigenvalue weighted by Crippen LogP contribution is 2.39. The van der Waals surface area contributed by atoms with Crippen molar-refractivity contribution in [2.45, 2.75) is 84.8 Å². The summed E-state index contributed by atoms with van der Waals surface area (Å²) in [5.74, 6) is 0.956. The standard InChI is InChI=1S/C29H41NO3/c1-5-27(30-16-14-20(15-17-30)28(31)32)23-7-6-22-19-26(11-8-21(22)18-23)33-25-12-9-24(10-13-25)29(2,3)4/h6-8,11,18-20,24-25,27H,5,9-10,12-17H2,1-4H3,(H,31,32). The van der Waals surface area contributed by atoms with Crippen molar-refractivity contribution in [2.75, 3.05) is 13.1 Å². The lowest BCUT2D eigenvalue weighted by molar-refractivity contribution is -0.143. The number of likely N-dealkylation sites (tertiary alicyclic amines) is 1.